The fourth-order valence-corrected chi connectivity index (χ4v) is 6.70. The van der Waals surface area contributed by atoms with Gasteiger partial charge in [-0.3, -0.25) is 4.98 Å². The zero-order valence-electron chi connectivity index (χ0n) is 27.1. The van der Waals surface area contributed by atoms with E-state index in [0.717, 1.165) is 61.3 Å². The maximum Gasteiger partial charge on any atom is 0.160 e. The fraction of sp³-hybridized carbons (Fsp3) is 0. The minimum atomic E-state index is 0.677. The molecule has 9 rings (SSSR count). The van der Waals surface area contributed by atoms with Gasteiger partial charge in [0.2, 0.25) is 0 Å². The number of pyridine rings is 1. The number of aromatic nitrogens is 3. The summed E-state index contributed by atoms with van der Waals surface area (Å²) in [6.07, 6.45) is 3.86. The molecule has 0 radical (unpaired) electrons. The Balaban J connectivity index is 1.15. The molecule has 0 bridgehead atoms. The first kappa shape index (κ1) is 29.3. The normalized spacial score (nSPS) is 11.0. The van der Waals surface area contributed by atoms with Crippen LogP contribution in [0, 0.1) is 12.1 Å². The average molecular weight is 636 g/mol. The molecule has 0 aliphatic carbocycles. The first-order valence-corrected chi connectivity index (χ1v) is 16.7. The molecule has 0 aliphatic heterocycles. The van der Waals surface area contributed by atoms with Crippen molar-refractivity contribution in [2.45, 2.75) is 0 Å². The Labute approximate surface area is 291 Å². The van der Waals surface area contributed by atoms with E-state index in [1.807, 2.05) is 36.7 Å². The van der Waals surface area contributed by atoms with Crippen LogP contribution in [0.1, 0.15) is 0 Å². The molecule has 3 nitrogen and oxygen atoms in total. The second-order valence-corrected chi connectivity index (χ2v) is 12.4. The van der Waals surface area contributed by atoms with Crippen LogP contribution in [0.2, 0.25) is 0 Å². The van der Waals surface area contributed by atoms with Gasteiger partial charge in [0.1, 0.15) is 0 Å². The maximum absolute atomic E-state index is 5.18. The molecule has 0 aliphatic rings. The molecule has 0 spiro atoms. The Morgan fingerprint density at radius 1 is 0.380 bits per heavy atom. The molecule has 0 saturated carbocycles. The van der Waals surface area contributed by atoms with Crippen molar-refractivity contribution in [1.29, 1.82) is 0 Å². The highest BCUT2D eigenvalue weighted by atomic mass is 14.9. The van der Waals surface area contributed by atoms with E-state index < -0.39 is 0 Å². The summed E-state index contributed by atoms with van der Waals surface area (Å²) in [5.74, 6) is 0.677. The van der Waals surface area contributed by atoms with Crippen LogP contribution in [-0.2, 0) is 0 Å². The van der Waals surface area contributed by atoms with E-state index in [9.17, 15) is 0 Å². The fourth-order valence-electron chi connectivity index (χ4n) is 6.70. The van der Waals surface area contributed by atoms with Gasteiger partial charge in [0, 0.05) is 40.0 Å². The summed E-state index contributed by atoms with van der Waals surface area (Å²) >= 11 is 0. The third-order valence-corrected chi connectivity index (χ3v) is 9.28. The van der Waals surface area contributed by atoms with Crippen molar-refractivity contribution in [2.24, 2.45) is 0 Å². The standard InChI is InChI=1S/C47H29N3/c1-2-10-32(11-3-1)33-20-24-36(25-21-33)45-29-46(39-16-8-15-38(28-39)44-31-48-30-40-13-5-7-18-43(40)44)50-47(49-45)37-26-22-35(23-27-37)42-19-9-14-34-12-4-6-17-41(34)42/h2,4-31H. The van der Waals surface area contributed by atoms with Crippen LogP contribution in [-0.4, -0.2) is 15.0 Å². The lowest BCUT2D eigenvalue weighted by Crippen LogP contribution is -1.96. The number of fused-ring (bicyclic) bond motifs is 2. The van der Waals surface area contributed by atoms with E-state index >= 15 is 0 Å². The SMILES string of the molecule is c1ccc(-c2ccc(-c3cc(-c4cccc(-c5cncc6ccccc56)c4)nc(-c4ccc(-c5cccc6ccccc56)cc4)n3)cc2)cc#1. The van der Waals surface area contributed by atoms with Gasteiger partial charge in [0.05, 0.1) is 11.4 Å². The number of benzene rings is 6. The molecule has 0 unspecified atom stereocenters. The van der Waals surface area contributed by atoms with E-state index in [1.165, 1.54) is 21.7 Å². The van der Waals surface area contributed by atoms with Crippen molar-refractivity contribution in [2.75, 3.05) is 0 Å². The van der Waals surface area contributed by atoms with E-state index in [4.69, 9.17) is 9.97 Å². The smallest absolute Gasteiger partial charge is 0.160 e. The molecule has 232 valence electrons. The molecule has 0 N–H and O–H groups in total. The van der Waals surface area contributed by atoms with Crippen LogP contribution in [0.4, 0.5) is 0 Å². The third-order valence-electron chi connectivity index (χ3n) is 9.28. The summed E-state index contributed by atoms with van der Waals surface area (Å²) in [4.78, 5) is 14.9. The second-order valence-electron chi connectivity index (χ2n) is 12.4. The highest BCUT2D eigenvalue weighted by molar-refractivity contribution is 5.97. The van der Waals surface area contributed by atoms with Gasteiger partial charge in [-0.25, -0.2) is 9.97 Å². The summed E-state index contributed by atoms with van der Waals surface area (Å²) in [7, 11) is 0. The summed E-state index contributed by atoms with van der Waals surface area (Å²) in [6.45, 7) is 0. The lowest BCUT2D eigenvalue weighted by atomic mass is 9.97. The molecule has 2 heterocycles. The van der Waals surface area contributed by atoms with Gasteiger partial charge in [0.15, 0.2) is 5.82 Å². The first-order chi connectivity index (χ1) is 24.8. The van der Waals surface area contributed by atoms with Gasteiger partial charge in [-0.15, -0.1) is 0 Å². The number of rotatable bonds is 6. The van der Waals surface area contributed by atoms with Gasteiger partial charge < -0.3 is 0 Å². The molecule has 0 atom stereocenters. The highest BCUT2D eigenvalue weighted by Crippen LogP contribution is 2.34. The minimum Gasteiger partial charge on any atom is -0.263 e. The molecular formula is C47H29N3. The molecule has 0 amide bonds. The lowest BCUT2D eigenvalue weighted by Gasteiger charge is -2.12. The Hall–Kier alpha value is -6.89. The quantitative estimate of drug-likeness (QED) is 0.182. The average Bonchev–Trinajstić information content (AvgIpc) is 3.21. The van der Waals surface area contributed by atoms with Crippen LogP contribution in [0.25, 0.3) is 88.8 Å². The summed E-state index contributed by atoms with van der Waals surface area (Å²) in [6, 6.07) is 63.0. The van der Waals surface area contributed by atoms with Gasteiger partial charge >= 0.3 is 0 Å². The van der Waals surface area contributed by atoms with Crippen molar-refractivity contribution in [3.8, 4) is 67.3 Å². The molecule has 0 saturated heterocycles. The Bertz CT molecular complexity index is 2620. The summed E-state index contributed by atoms with van der Waals surface area (Å²) in [5, 5.41) is 4.75. The van der Waals surface area contributed by atoms with Crippen LogP contribution in [0.15, 0.2) is 176 Å². The lowest BCUT2D eigenvalue weighted by molar-refractivity contribution is 1.18. The zero-order chi connectivity index (χ0) is 33.3. The van der Waals surface area contributed by atoms with Crippen LogP contribution < -0.4 is 0 Å². The van der Waals surface area contributed by atoms with E-state index in [2.05, 4.69) is 157 Å². The number of hydrogen-bond acceptors (Lipinski definition) is 3. The second kappa shape index (κ2) is 12.6. The van der Waals surface area contributed by atoms with Gasteiger partial charge in [-0.1, -0.05) is 146 Å². The number of hydrogen-bond donors (Lipinski definition) is 0. The van der Waals surface area contributed by atoms with Crippen LogP contribution >= 0.6 is 0 Å². The van der Waals surface area contributed by atoms with Crippen LogP contribution in [0.5, 0.6) is 0 Å². The van der Waals surface area contributed by atoms with Crippen molar-refractivity contribution >= 4 is 21.5 Å². The molecule has 9 aromatic rings. The molecular weight excluding hydrogens is 607 g/mol. The summed E-state index contributed by atoms with van der Waals surface area (Å²) < 4.78 is 0. The molecule has 50 heavy (non-hydrogen) atoms. The predicted molar refractivity (Wildman–Crippen MR) is 205 cm³/mol. The van der Waals surface area contributed by atoms with E-state index in [1.54, 1.807) is 0 Å². The third kappa shape index (κ3) is 5.56. The largest absolute Gasteiger partial charge is 0.263 e. The molecule has 3 heteroatoms. The predicted octanol–water partition coefficient (Wildman–Crippen LogP) is 11.8. The van der Waals surface area contributed by atoms with E-state index in [-0.39, 0.29) is 0 Å². The minimum absolute atomic E-state index is 0.677. The van der Waals surface area contributed by atoms with Gasteiger partial charge in [-0.05, 0) is 74.3 Å². The topological polar surface area (TPSA) is 38.7 Å². The van der Waals surface area contributed by atoms with Crippen molar-refractivity contribution in [3.05, 3.63) is 188 Å². The first-order valence-electron chi connectivity index (χ1n) is 16.7. The molecule has 7 aromatic carbocycles. The summed E-state index contributed by atoms with van der Waals surface area (Å²) in [5.41, 5.74) is 11.5. The maximum atomic E-state index is 5.18. The van der Waals surface area contributed by atoms with Crippen molar-refractivity contribution < 1.29 is 0 Å². The highest BCUT2D eigenvalue weighted by Gasteiger charge is 2.14. The molecule has 2 aromatic heterocycles. The monoisotopic (exact) mass is 635 g/mol. The van der Waals surface area contributed by atoms with E-state index in [0.29, 0.717) is 5.82 Å². The van der Waals surface area contributed by atoms with Crippen molar-refractivity contribution in [3.63, 3.8) is 0 Å². The Morgan fingerprint density at radius 3 is 1.82 bits per heavy atom. The van der Waals surface area contributed by atoms with Crippen LogP contribution in [0.3, 0.4) is 0 Å². The number of nitrogens with zero attached hydrogens (tertiary/aromatic N) is 3. The zero-order valence-corrected chi connectivity index (χ0v) is 27.1. The molecule has 0 fully saturated rings. The Kier molecular flexibility index (Phi) is 7.38. The van der Waals surface area contributed by atoms with Gasteiger partial charge in [0.25, 0.3) is 0 Å². The van der Waals surface area contributed by atoms with Crippen molar-refractivity contribution in [1.82, 2.24) is 15.0 Å². The Morgan fingerprint density at radius 2 is 1.02 bits per heavy atom. The van der Waals surface area contributed by atoms with Gasteiger partial charge in [-0.2, -0.15) is 0 Å².